The van der Waals surface area contributed by atoms with E-state index >= 15 is 0 Å². The number of imide groups is 1. The molecule has 7 nitrogen and oxygen atoms in total. The van der Waals surface area contributed by atoms with Crippen LogP contribution in [0.15, 0.2) is 41.3 Å². The second-order valence-corrected chi connectivity index (χ2v) is 7.76. The fourth-order valence-corrected chi connectivity index (χ4v) is 3.83. The Kier molecular flexibility index (Phi) is 6.69. The fraction of sp³-hybridized carbons (Fsp3) is 0.190. The van der Waals surface area contributed by atoms with Crippen molar-refractivity contribution < 1.29 is 23.9 Å². The van der Waals surface area contributed by atoms with E-state index < -0.39 is 23.6 Å². The molecule has 1 fully saturated rings. The van der Waals surface area contributed by atoms with Crippen molar-refractivity contribution >= 4 is 52.2 Å². The van der Waals surface area contributed by atoms with Crippen LogP contribution in [-0.2, 0) is 9.59 Å². The first-order chi connectivity index (χ1) is 14.3. The molecule has 2 aromatic rings. The number of carbonyl (C=O) groups excluding carboxylic acids is 3. The van der Waals surface area contributed by atoms with Crippen molar-refractivity contribution in [2.24, 2.45) is 0 Å². The van der Waals surface area contributed by atoms with Crippen molar-refractivity contribution in [1.29, 1.82) is 0 Å². The van der Waals surface area contributed by atoms with E-state index in [2.05, 4.69) is 5.32 Å². The van der Waals surface area contributed by atoms with Gasteiger partial charge in [-0.15, -0.1) is 0 Å². The Bertz CT molecular complexity index is 1050. The molecule has 9 heteroatoms. The number of thioether (sulfide) groups is 1. The summed E-state index contributed by atoms with van der Waals surface area (Å²) in [6.45, 7) is 1.45. The number of rotatable bonds is 6. The highest BCUT2D eigenvalue weighted by atomic mass is 35.5. The molecule has 2 aromatic carbocycles. The van der Waals surface area contributed by atoms with Crippen LogP contribution in [0.3, 0.4) is 0 Å². The number of halogens is 1. The molecule has 3 rings (SSSR count). The van der Waals surface area contributed by atoms with E-state index in [1.165, 1.54) is 14.2 Å². The van der Waals surface area contributed by atoms with Crippen molar-refractivity contribution in [3.05, 3.63) is 57.5 Å². The number of benzene rings is 2. The van der Waals surface area contributed by atoms with Gasteiger partial charge in [-0.05, 0) is 48.5 Å². The standard InChI is InChI=1S/C21H19ClN2O5S/c1-12-7-8-14(10-15(12)22)23-18(25)11-24-20(26)17(30-21(24)27)9-13-5-4-6-16(28-2)19(13)29-3/h4-10H,11H2,1-3H3,(H,23,25)/b17-9+. The minimum atomic E-state index is -0.549. The number of amides is 3. The molecule has 0 atom stereocenters. The molecule has 1 saturated heterocycles. The monoisotopic (exact) mass is 446 g/mol. The van der Waals surface area contributed by atoms with Crippen LogP contribution in [0.4, 0.5) is 10.5 Å². The summed E-state index contributed by atoms with van der Waals surface area (Å²) in [6, 6.07) is 10.3. The van der Waals surface area contributed by atoms with Crippen LogP contribution in [0.2, 0.25) is 5.02 Å². The minimum absolute atomic E-state index is 0.192. The molecule has 156 valence electrons. The molecule has 3 amide bonds. The summed E-state index contributed by atoms with van der Waals surface area (Å²) in [6.07, 6.45) is 1.55. The largest absolute Gasteiger partial charge is 0.493 e. The Hall–Kier alpha value is -2.97. The maximum absolute atomic E-state index is 12.7. The molecule has 0 bridgehead atoms. The van der Waals surface area contributed by atoms with Crippen LogP contribution in [0.5, 0.6) is 11.5 Å². The van der Waals surface area contributed by atoms with Gasteiger partial charge in [0.25, 0.3) is 11.1 Å². The molecule has 0 spiro atoms. The van der Waals surface area contributed by atoms with Crippen LogP contribution in [0.1, 0.15) is 11.1 Å². The van der Waals surface area contributed by atoms with Gasteiger partial charge in [0, 0.05) is 16.3 Å². The van der Waals surface area contributed by atoms with Gasteiger partial charge in [0.1, 0.15) is 6.54 Å². The number of hydrogen-bond donors (Lipinski definition) is 1. The molecule has 1 aliphatic heterocycles. The van der Waals surface area contributed by atoms with E-state index in [0.717, 1.165) is 22.2 Å². The van der Waals surface area contributed by atoms with Gasteiger partial charge in [-0.3, -0.25) is 19.3 Å². The third-order valence-corrected chi connectivity index (χ3v) is 5.67. The summed E-state index contributed by atoms with van der Waals surface area (Å²) in [5.74, 6) is -0.105. The van der Waals surface area contributed by atoms with Gasteiger partial charge in [0.15, 0.2) is 11.5 Å². The van der Waals surface area contributed by atoms with Gasteiger partial charge in [-0.25, -0.2) is 0 Å². The molecule has 0 saturated carbocycles. The SMILES string of the molecule is COc1cccc(/C=C2/SC(=O)N(CC(=O)Nc3ccc(C)c(Cl)c3)C2=O)c1OC. The zero-order chi connectivity index (χ0) is 21.8. The van der Waals surface area contributed by atoms with E-state index in [1.807, 2.05) is 6.92 Å². The zero-order valence-electron chi connectivity index (χ0n) is 16.5. The van der Waals surface area contributed by atoms with E-state index in [-0.39, 0.29) is 4.91 Å². The summed E-state index contributed by atoms with van der Waals surface area (Å²) >= 11 is 6.82. The number of hydrogen-bond acceptors (Lipinski definition) is 6. The van der Waals surface area contributed by atoms with Crippen molar-refractivity contribution in [1.82, 2.24) is 4.90 Å². The Morgan fingerprint density at radius 3 is 2.63 bits per heavy atom. The topological polar surface area (TPSA) is 84.9 Å². The fourth-order valence-electron chi connectivity index (χ4n) is 2.82. The number of nitrogens with zero attached hydrogens (tertiary/aromatic N) is 1. The number of nitrogens with one attached hydrogen (secondary N) is 1. The number of methoxy groups -OCH3 is 2. The maximum Gasteiger partial charge on any atom is 0.294 e. The van der Waals surface area contributed by atoms with Crippen molar-refractivity contribution in [2.45, 2.75) is 6.92 Å². The van der Waals surface area contributed by atoms with Crippen molar-refractivity contribution in [3.63, 3.8) is 0 Å². The Morgan fingerprint density at radius 2 is 1.97 bits per heavy atom. The van der Waals surface area contributed by atoms with Gasteiger partial charge in [-0.2, -0.15) is 0 Å². The van der Waals surface area contributed by atoms with Gasteiger partial charge in [-0.1, -0.05) is 29.8 Å². The molecule has 1 N–H and O–H groups in total. The molecular formula is C21H19ClN2O5S. The zero-order valence-corrected chi connectivity index (χ0v) is 18.1. The first-order valence-corrected chi connectivity index (χ1v) is 10.1. The van der Waals surface area contributed by atoms with Gasteiger partial charge < -0.3 is 14.8 Å². The van der Waals surface area contributed by atoms with Crippen LogP contribution in [0.25, 0.3) is 6.08 Å². The number of aryl methyl sites for hydroxylation is 1. The van der Waals surface area contributed by atoms with Crippen LogP contribution in [0, 0.1) is 6.92 Å². The highest BCUT2D eigenvalue weighted by molar-refractivity contribution is 8.18. The molecule has 30 heavy (non-hydrogen) atoms. The molecule has 0 unspecified atom stereocenters. The lowest BCUT2D eigenvalue weighted by molar-refractivity contribution is -0.127. The summed E-state index contributed by atoms with van der Waals surface area (Å²) in [5, 5.41) is 2.63. The van der Waals surface area contributed by atoms with Crippen molar-refractivity contribution in [3.8, 4) is 11.5 Å². The molecule has 1 heterocycles. The lowest BCUT2D eigenvalue weighted by Gasteiger charge is -2.13. The van der Waals surface area contributed by atoms with E-state index in [1.54, 1.807) is 42.5 Å². The van der Waals surface area contributed by atoms with E-state index in [4.69, 9.17) is 21.1 Å². The number of ether oxygens (including phenoxy) is 2. The van der Waals surface area contributed by atoms with Crippen molar-refractivity contribution in [2.75, 3.05) is 26.1 Å². The maximum atomic E-state index is 12.7. The third kappa shape index (κ3) is 4.60. The number of carbonyl (C=O) groups is 3. The van der Waals surface area contributed by atoms with Gasteiger partial charge in [0.05, 0.1) is 19.1 Å². The Balaban J connectivity index is 1.75. The molecule has 1 aliphatic rings. The third-order valence-electron chi connectivity index (χ3n) is 4.35. The Labute approximate surface area is 183 Å². The number of anilines is 1. The quantitative estimate of drug-likeness (QED) is 0.664. The normalized spacial score (nSPS) is 14.9. The smallest absolute Gasteiger partial charge is 0.294 e. The summed E-state index contributed by atoms with van der Waals surface area (Å²) in [5.41, 5.74) is 1.94. The second-order valence-electron chi connectivity index (χ2n) is 6.36. The second kappa shape index (κ2) is 9.23. The highest BCUT2D eigenvalue weighted by Crippen LogP contribution is 2.37. The van der Waals surface area contributed by atoms with Crippen LogP contribution >= 0.6 is 23.4 Å². The molecule has 0 radical (unpaired) electrons. The average Bonchev–Trinajstić information content (AvgIpc) is 2.97. The Morgan fingerprint density at radius 1 is 1.20 bits per heavy atom. The summed E-state index contributed by atoms with van der Waals surface area (Å²) < 4.78 is 10.6. The number of para-hydroxylation sites is 1. The predicted molar refractivity (Wildman–Crippen MR) is 117 cm³/mol. The van der Waals surface area contributed by atoms with E-state index in [0.29, 0.717) is 27.8 Å². The van der Waals surface area contributed by atoms with Crippen LogP contribution < -0.4 is 14.8 Å². The summed E-state index contributed by atoms with van der Waals surface area (Å²) in [7, 11) is 3.00. The highest BCUT2D eigenvalue weighted by Gasteiger charge is 2.36. The van der Waals surface area contributed by atoms with Gasteiger partial charge in [0.2, 0.25) is 5.91 Å². The predicted octanol–water partition coefficient (Wildman–Crippen LogP) is 4.34. The van der Waals surface area contributed by atoms with E-state index in [9.17, 15) is 14.4 Å². The lowest BCUT2D eigenvalue weighted by atomic mass is 10.1. The van der Waals surface area contributed by atoms with Crippen LogP contribution in [-0.4, -0.2) is 42.7 Å². The lowest BCUT2D eigenvalue weighted by Crippen LogP contribution is -2.36. The first-order valence-electron chi connectivity index (χ1n) is 8.86. The average molecular weight is 447 g/mol. The molecule has 0 aromatic heterocycles. The molecule has 0 aliphatic carbocycles. The van der Waals surface area contributed by atoms with Gasteiger partial charge >= 0.3 is 0 Å². The summed E-state index contributed by atoms with van der Waals surface area (Å²) in [4.78, 5) is 38.5. The molecular weight excluding hydrogens is 428 g/mol. The minimum Gasteiger partial charge on any atom is -0.493 e. The first kappa shape index (κ1) is 21.7.